The average Bonchev–Trinajstić information content (AvgIpc) is 3.59. The van der Waals surface area contributed by atoms with E-state index in [0.717, 1.165) is 10.5 Å². The molecule has 1 aliphatic heterocycles. The number of nitrogens with zero attached hydrogens (tertiary/aromatic N) is 2. The second-order valence-electron chi connectivity index (χ2n) is 8.12. The summed E-state index contributed by atoms with van der Waals surface area (Å²) >= 11 is 1.33. The van der Waals surface area contributed by atoms with Crippen LogP contribution in [0.1, 0.15) is 27.8 Å². The van der Waals surface area contributed by atoms with Crippen molar-refractivity contribution < 1.29 is 18.8 Å². The Labute approximate surface area is 217 Å². The molecule has 0 saturated heterocycles. The number of para-hydroxylation sites is 1. The van der Waals surface area contributed by atoms with E-state index in [1.807, 2.05) is 54.6 Å². The molecule has 0 aliphatic carbocycles. The Bertz CT molecular complexity index is 1440. The third kappa shape index (κ3) is 5.79. The highest BCUT2D eigenvalue weighted by atomic mass is 32.2. The highest BCUT2D eigenvalue weighted by Gasteiger charge is 2.29. The molecular weight excluding hydrogens is 488 g/mol. The highest BCUT2D eigenvalue weighted by molar-refractivity contribution is 8.00. The normalized spacial score (nSPS) is 13.7. The monoisotopic (exact) mass is 510 g/mol. The van der Waals surface area contributed by atoms with Gasteiger partial charge in [-0.1, -0.05) is 54.6 Å². The van der Waals surface area contributed by atoms with Crippen LogP contribution in [0.25, 0.3) is 0 Å². The van der Waals surface area contributed by atoms with Gasteiger partial charge in [-0.25, -0.2) is 0 Å². The van der Waals surface area contributed by atoms with Crippen molar-refractivity contribution in [2.24, 2.45) is 5.10 Å². The molecule has 9 heteroatoms. The van der Waals surface area contributed by atoms with Crippen molar-refractivity contribution in [2.75, 3.05) is 10.3 Å². The lowest BCUT2D eigenvalue weighted by Gasteiger charge is -2.17. The van der Waals surface area contributed by atoms with Crippen molar-refractivity contribution in [1.82, 2.24) is 5.32 Å². The van der Waals surface area contributed by atoms with E-state index < -0.39 is 5.25 Å². The molecule has 3 aromatic carbocycles. The van der Waals surface area contributed by atoms with Gasteiger partial charge < -0.3 is 15.1 Å². The van der Waals surface area contributed by atoms with E-state index in [0.29, 0.717) is 17.2 Å². The molecule has 4 aromatic rings. The lowest BCUT2D eigenvalue weighted by molar-refractivity contribution is -0.119. The molecule has 184 valence electrons. The van der Waals surface area contributed by atoms with Gasteiger partial charge >= 0.3 is 0 Å². The van der Waals surface area contributed by atoms with Gasteiger partial charge in [-0.3, -0.25) is 14.4 Å². The van der Waals surface area contributed by atoms with E-state index in [9.17, 15) is 14.4 Å². The number of carbonyl (C=O) groups excluding carboxylic acids is 3. The zero-order chi connectivity index (χ0) is 25.6. The number of amidine groups is 1. The molecule has 5 rings (SSSR count). The Morgan fingerprint density at radius 2 is 1.65 bits per heavy atom. The number of thioether (sulfide) groups is 1. The van der Waals surface area contributed by atoms with Gasteiger partial charge in [0.2, 0.25) is 5.91 Å². The van der Waals surface area contributed by atoms with Crippen LogP contribution >= 0.6 is 11.8 Å². The first-order valence-electron chi connectivity index (χ1n) is 11.5. The minimum Gasteiger partial charge on any atom is -0.459 e. The largest absolute Gasteiger partial charge is 0.459 e. The third-order valence-electron chi connectivity index (χ3n) is 5.48. The minimum atomic E-state index is -0.624. The summed E-state index contributed by atoms with van der Waals surface area (Å²) < 4.78 is 5.15. The number of carbonyl (C=O) groups is 3. The Kier molecular flexibility index (Phi) is 7.14. The van der Waals surface area contributed by atoms with Gasteiger partial charge in [0.25, 0.3) is 11.8 Å². The van der Waals surface area contributed by atoms with Crippen LogP contribution in [0.2, 0.25) is 0 Å². The summed E-state index contributed by atoms with van der Waals surface area (Å²) in [4.78, 5) is 39.1. The summed E-state index contributed by atoms with van der Waals surface area (Å²) in [7, 11) is 0. The first-order chi connectivity index (χ1) is 18.1. The molecule has 3 amide bonds. The van der Waals surface area contributed by atoms with Crippen molar-refractivity contribution >= 4 is 46.7 Å². The van der Waals surface area contributed by atoms with Crippen LogP contribution in [-0.2, 0) is 9.59 Å². The Morgan fingerprint density at radius 3 is 2.38 bits per heavy atom. The fraction of sp³-hybridized carbons (Fsp3) is 0.0714. The molecule has 1 unspecified atom stereocenters. The molecule has 1 aromatic heterocycles. The number of hydrogen-bond donors (Lipinski definition) is 2. The van der Waals surface area contributed by atoms with Gasteiger partial charge in [0.05, 0.1) is 18.4 Å². The average molecular weight is 511 g/mol. The van der Waals surface area contributed by atoms with Crippen LogP contribution in [0.3, 0.4) is 0 Å². The Morgan fingerprint density at radius 1 is 0.892 bits per heavy atom. The third-order valence-corrected chi connectivity index (χ3v) is 6.72. The smallest absolute Gasteiger partial charge is 0.291 e. The standard InChI is InChI=1S/C28H22N4O4S/c33-25-18-24(31-32(25)21-12-5-2-6-13-21)30-28(35)26(19-9-3-1-4-10-19)37-22-14-7-11-20(17-22)29-27(34)23-15-8-16-36-23/h1-17,26H,18H2,(H,29,34)(H,30,31,35). The summed E-state index contributed by atoms with van der Waals surface area (Å²) in [5.74, 6) is -0.389. The molecule has 8 nitrogen and oxygen atoms in total. The number of benzene rings is 3. The summed E-state index contributed by atoms with van der Waals surface area (Å²) in [6.45, 7) is 0. The van der Waals surface area contributed by atoms with E-state index in [1.54, 1.807) is 42.5 Å². The van der Waals surface area contributed by atoms with Gasteiger partial charge in [-0.15, -0.1) is 11.8 Å². The van der Waals surface area contributed by atoms with Gasteiger partial charge in [0.1, 0.15) is 11.1 Å². The molecule has 0 bridgehead atoms. The van der Waals surface area contributed by atoms with Gasteiger partial charge in [-0.2, -0.15) is 10.1 Å². The minimum absolute atomic E-state index is 0.00110. The predicted octanol–water partition coefficient (Wildman–Crippen LogP) is 5.23. The van der Waals surface area contributed by atoms with Crippen LogP contribution in [0, 0.1) is 0 Å². The van der Waals surface area contributed by atoms with Crippen LogP contribution in [-0.4, -0.2) is 23.6 Å². The molecule has 1 aliphatic rings. The molecule has 2 heterocycles. The van der Waals surface area contributed by atoms with Crippen molar-refractivity contribution in [2.45, 2.75) is 16.6 Å². The lowest BCUT2D eigenvalue weighted by Crippen LogP contribution is -2.33. The number of amides is 3. The Hall–Kier alpha value is -4.63. The first-order valence-corrected chi connectivity index (χ1v) is 12.4. The van der Waals surface area contributed by atoms with Crippen LogP contribution in [0.5, 0.6) is 0 Å². The number of nitrogens with one attached hydrogen (secondary N) is 2. The second kappa shape index (κ2) is 11.0. The van der Waals surface area contributed by atoms with E-state index in [2.05, 4.69) is 15.7 Å². The van der Waals surface area contributed by atoms with E-state index in [1.165, 1.54) is 23.0 Å². The second-order valence-corrected chi connectivity index (χ2v) is 9.30. The molecule has 0 radical (unpaired) electrons. The highest BCUT2D eigenvalue weighted by Crippen LogP contribution is 2.36. The van der Waals surface area contributed by atoms with E-state index >= 15 is 0 Å². The molecular formula is C28H22N4O4S. The summed E-state index contributed by atoms with van der Waals surface area (Å²) in [5.41, 5.74) is 2.00. The van der Waals surface area contributed by atoms with Crippen molar-refractivity contribution in [3.8, 4) is 0 Å². The van der Waals surface area contributed by atoms with Crippen LogP contribution in [0.4, 0.5) is 11.4 Å². The molecule has 1 atom stereocenters. The van der Waals surface area contributed by atoms with Gasteiger partial charge in [0, 0.05) is 10.6 Å². The quantitative estimate of drug-likeness (QED) is 0.331. The van der Waals surface area contributed by atoms with E-state index in [4.69, 9.17) is 4.42 Å². The zero-order valence-electron chi connectivity index (χ0n) is 19.5. The summed E-state index contributed by atoms with van der Waals surface area (Å²) in [5, 5.41) is 10.7. The number of rotatable bonds is 7. The molecule has 0 saturated carbocycles. The topological polar surface area (TPSA) is 104 Å². The SMILES string of the molecule is O=C(Nc1cccc(SC(C(=O)NC2=NN(c3ccccc3)C(=O)C2)c2ccccc2)c1)c1ccco1. The van der Waals surface area contributed by atoms with E-state index in [-0.39, 0.29) is 29.9 Å². The fourth-order valence-corrected chi connectivity index (χ4v) is 4.85. The van der Waals surface area contributed by atoms with Gasteiger partial charge in [-0.05, 0) is 48.0 Å². The maximum Gasteiger partial charge on any atom is 0.291 e. The number of furan rings is 1. The number of hydrogen-bond acceptors (Lipinski definition) is 6. The van der Waals surface area contributed by atoms with Crippen molar-refractivity contribution in [3.63, 3.8) is 0 Å². The molecule has 0 fully saturated rings. The fourth-order valence-electron chi connectivity index (χ4n) is 3.76. The van der Waals surface area contributed by atoms with Crippen LogP contribution < -0.4 is 15.6 Å². The van der Waals surface area contributed by atoms with Crippen molar-refractivity contribution in [1.29, 1.82) is 0 Å². The maximum absolute atomic E-state index is 13.4. The summed E-state index contributed by atoms with van der Waals surface area (Å²) in [6, 6.07) is 28.9. The summed E-state index contributed by atoms with van der Waals surface area (Å²) in [6.07, 6.45) is 1.44. The van der Waals surface area contributed by atoms with Crippen molar-refractivity contribution in [3.05, 3.63) is 115 Å². The predicted molar refractivity (Wildman–Crippen MR) is 142 cm³/mol. The van der Waals surface area contributed by atoms with Gasteiger partial charge in [0.15, 0.2) is 5.76 Å². The van der Waals surface area contributed by atoms with Crippen LogP contribution in [0.15, 0.2) is 118 Å². The maximum atomic E-state index is 13.4. The number of hydrazone groups is 1. The molecule has 37 heavy (non-hydrogen) atoms. The Balaban J connectivity index is 1.34. The first kappa shape index (κ1) is 24.1. The molecule has 0 spiro atoms. The molecule has 2 N–H and O–H groups in total. The number of anilines is 2. The lowest BCUT2D eigenvalue weighted by atomic mass is 10.1. The zero-order valence-corrected chi connectivity index (χ0v) is 20.4.